The number of hydrogen-bond donors (Lipinski definition) is 1. The van der Waals surface area contributed by atoms with Crippen LogP contribution in [0.5, 0.6) is 0 Å². The van der Waals surface area contributed by atoms with E-state index in [1.807, 2.05) is 0 Å². The van der Waals surface area contributed by atoms with Crippen molar-refractivity contribution >= 4 is 40.7 Å². The summed E-state index contributed by atoms with van der Waals surface area (Å²) in [6.45, 7) is 1.51. The lowest BCUT2D eigenvalue weighted by molar-refractivity contribution is -0.384. The van der Waals surface area contributed by atoms with Crippen molar-refractivity contribution in [3.63, 3.8) is 0 Å². The number of nitrogens with zero attached hydrogens (tertiary/aromatic N) is 2. The highest BCUT2D eigenvalue weighted by atomic mass is 35.5. The van der Waals surface area contributed by atoms with E-state index >= 15 is 0 Å². The number of carbonyl (C=O) groups excluding carboxylic acids is 2. The molecule has 1 aromatic rings. The predicted molar refractivity (Wildman–Crippen MR) is 78.7 cm³/mol. The Labute approximate surface area is 131 Å². The van der Waals surface area contributed by atoms with Gasteiger partial charge in [0.2, 0.25) is 5.91 Å². The van der Waals surface area contributed by atoms with E-state index in [0.29, 0.717) is 0 Å². The highest BCUT2D eigenvalue weighted by Crippen LogP contribution is 2.33. The number of hydrogen-bond acceptors (Lipinski definition) is 4. The third-order valence-corrected chi connectivity index (χ3v) is 3.42. The fraction of sp³-hybridized carbons (Fsp3) is 0.333. The molecule has 0 heterocycles. The average molecular weight is 334 g/mol. The topological polar surface area (TPSA) is 92.5 Å². The maximum absolute atomic E-state index is 12.0. The molecule has 0 saturated heterocycles. The Bertz CT molecular complexity index is 604. The number of rotatable bonds is 4. The molecule has 0 bridgehead atoms. The first-order valence-corrected chi connectivity index (χ1v) is 6.56. The van der Waals surface area contributed by atoms with Gasteiger partial charge in [-0.05, 0) is 13.0 Å². The molecule has 0 radical (unpaired) electrons. The van der Waals surface area contributed by atoms with Crippen molar-refractivity contribution in [3.8, 4) is 0 Å². The minimum atomic E-state index is -0.777. The molecule has 1 atom stereocenters. The maximum Gasteiger partial charge on any atom is 0.290 e. The van der Waals surface area contributed by atoms with Crippen molar-refractivity contribution in [2.75, 3.05) is 14.1 Å². The molecule has 0 aliphatic heterocycles. The lowest BCUT2D eigenvalue weighted by Gasteiger charge is -2.18. The minimum Gasteiger partial charge on any atom is -0.347 e. The molecule has 0 spiro atoms. The van der Waals surface area contributed by atoms with Crippen molar-refractivity contribution in [3.05, 3.63) is 37.9 Å². The molecule has 0 aliphatic carbocycles. The van der Waals surface area contributed by atoms with Gasteiger partial charge in [0.1, 0.15) is 11.1 Å². The Morgan fingerprint density at radius 1 is 1.33 bits per heavy atom. The lowest BCUT2D eigenvalue weighted by atomic mass is 10.1. The van der Waals surface area contributed by atoms with Gasteiger partial charge in [-0.25, -0.2) is 0 Å². The zero-order chi connectivity index (χ0) is 16.3. The van der Waals surface area contributed by atoms with Crippen LogP contribution in [0, 0.1) is 10.1 Å². The smallest absolute Gasteiger partial charge is 0.290 e. The maximum atomic E-state index is 12.0. The monoisotopic (exact) mass is 333 g/mol. The molecule has 1 rings (SSSR count). The first-order valence-electron chi connectivity index (χ1n) is 5.80. The van der Waals surface area contributed by atoms with Gasteiger partial charge in [0, 0.05) is 25.7 Å². The Morgan fingerprint density at radius 3 is 2.38 bits per heavy atom. The van der Waals surface area contributed by atoms with Crippen LogP contribution in [0.3, 0.4) is 0 Å². The summed E-state index contributed by atoms with van der Waals surface area (Å²) in [6.07, 6.45) is 0. The molecule has 0 aliphatic rings. The van der Waals surface area contributed by atoms with Gasteiger partial charge in [-0.1, -0.05) is 23.2 Å². The molecule has 0 saturated carbocycles. The summed E-state index contributed by atoms with van der Waals surface area (Å²) in [6, 6.07) is 1.44. The van der Waals surface area contributed by atoms with Gasteiger partial charge in [-0.2, -0.15) is 0 Å². The molecule has 1 N–H and O–H groups in total. The zero-order valence-electron chi connectivity index (χ0n) is 11.5. The molecule has 0 fully saturated rings. The largest absolute Gasteiger partial charge is 0.347 e. The van der Waals surface area contributed by atoms with Gasteiger partial charge in [-0.3, -0.25) is 19.7 Å². The van der Waals surface area contributed by atoms with Crippen LogP contribution >= 0.6 is 23.2 Å². The molecule has 114 valence electrons. The van der Waals surface area contributed by atoms with E-state index in [0.717, 1.165) is 6.07 Å². The number of likely N-dealkylation sites (N-methyl/N-ethyl adjacent to an activating group) is 1. The van der Waals surface area contributed by atoms with Crippen LogP contribution in [0.1, 0.15) is 17.3 Å². The predicted octanol–water partition coefficient (Wildman–Crippen LogP) is 2.11. The number of nitrogens with one attached hydrogen (secondary N) is 1. The molecule has 21 heavy (non-hydrogen) atoms. The van der Waals surface area contributed by atoms with Crippen LogP contribution in [0.15, 0.2) is 12.1 Å². The summed E-state index contributed by atoms with van der Waals surface area (Å²) < 4.78 is 0. The van der Waals surface area contributed by atoms with E-state index in [4.69, 9.17) is 23.2 Å². The first-order chi connectivity index (χ1) is 9.65. The molecule has 9 heteroatoms. The van der Waals surface area contributed by atoms with Gasteiger partial charge in [0.05, 0.1) is 9.95 Å². The van der Waals surface area contributed by atoms with Gasteiger partial charge in [0.15, 0.2) is 0 Å². The Hall–Kier alpha value is -1.86. The first kappa shape index (κ1) is 17.2. The summed E-state index contributed by atoms with van der Waals surface area (Å²) in [5.41, 5.74) is -0.518. The van der Waals surface area contributed by atoms with E-state index in [2.05, 4.69) is 5.32 Å². The molecule has 7 nitrogen and oxygen atoms in total. The van der Waals surface area contributed by atoms with Crippen molar-refractivity contribution in [1.82, 2.24) is 10.2 Å². The van der Waals surface area contributed by atoms with Crippen LogP contribution in [0.4, 0.5) is 5.69 Å². The summed E-state index contributed by atoms with van der Waals surface area (Å²) in [5.74, 6) is -0.961. The highest BCUT2D eigenvalue weighted by Gasteiger charge is 2.22. The van der Waals surface area contributed by atoms with Gasteiger partial charge >= 0.3 is 0 Å². The fourth-order valence-electron chi connectivity index (χ4n) is 1.57. The van der Waals surface area contributed by atoms with Gasteiger partial charge in [-0.15, -0.1) is 0 Å². The molecule has 0 aromatic heterocycles. The van der Waals surface area contributed by atoms with Crippen LogP contribution in [-0.4, -0.2) is 41.8 Å². The fourth-order valence-corrected chi connectivity index (χ4v) is 1.96. The van der Waals surface area contributed by atoms with E-state index in [9.17, 15) is 19.7 Å². The van der Waals surface area contributed by atoms with Crippen LogP contribution in [-0.2, 0) is 4.79 Å². The van der Waals surface area contributed by atoms with E-state index in [1.54, 1.807) is 14.1 Å². The second-order valence-corrected chi connectivity index (χ2v) is 5.26. The number of amides is 2. The van der Waals surface area contributed by atoms with E-state index < -0.39 is 22.6 Å². The summed E-state index contributed by atoms with van der Waals surface area (Å²) in [5, 5.41) is 12.9. The molecule has 2 amide bonds. The van der Waals surface area contributed by atoms with Crippen molar-refractivity contribution in [2.24, 2.45) is 0 Å². The third-order valence-electron chi connectivity index (χ3n) is 2.63. The quantitative estimate of drug-likeness (QED) is 0.674. The Kier molecular flexibility index (Phi) is 5.51. The van der Waals surface area contributed by atoms with Crippen LogP contribution in [0.2, 0.25) is 10.0 Å². The number of nitro groups is 1. The van der Waals surface area contributed by atoms with Crippen molar-refractivity contribution in [1.29, 1.82) is 0 Å². The van der Waals surface area contributed by atoms with Crippen molar-refractivity contribution < 1.29 is 14.5 Å². The molecule has 1 aromatic carbocycles. The van der Waals surface area contributed by atoms with E-state index in [-0.39, 0.29) is 21.5 Å². The van der Waals surface area contributed by atoms with Gasteiger partial charge < -0.3 is 10.2 Å². The standard InChI is InChI=1S/C12H13Cl2N3O4/c1-6(12(19)16(2)3)15-11(18)7-4-8(13)10(14)9(5-7)17(20)21/h4-6H,1-3H3,(H,15,18). The molecule has 1 unspecified atom stereocenters. The zero-order valence-corrected chi connectivity index (χ0v) is 13.0. The van der Waals surface area contributed by atoms with Gasteiger partial charge in [0.25, 0.3) is 11.6 Å². The summed E-state index contributed by atoms with van der Waals surface area (Å²) in [4.78, 5) is 35.1. The second kappa shape index (κ2) is 6.73. The Morgan fingerprint density at radius 2 is 1.90 bits per heavy atom. The minimum absolute atomic E-state index is 0.0468. The average Bonchev–Trinajstić information content (AvgIpc) is 2.39. The van der Waals surface area contributed by atoms with Crippen LogP contribution in [0.25, 0.3) is 0 Å². The normalized spacial score (nSPS) is 11.7. The SMILES string of the molecule is CC(NC(=O)c1cc(Cl)c(Cl)c([N+](=O)[O-])c1)C(=O)N(C)C. The highest BCUT2D eigenvalue weighted by molar-refractivity contribution is 6.43. The number of nitro benzene ring substituents is 1. The summed E-state index contributed by atoms with van der Waals surface area (Å²) in [7, 11) is 3.10. The lowest BCUT2D eigenvalue weighted by Crippen LogP contribution is -2.44. The number of carbonyl (C=O) groups is 2. The van der Waals surface area contributed by atoms with Crippen LogP contribution < -0.4 is 5.32 Å². The Balaban J connectivity index is 3.04. The van der Waals surface area contributed by atoms with Crippen molar-refractivity contribution in [2.45, 2.75) is 13.0 Å². The molecular formula is C12H13Cl2N3O4. The third kappa shape index (κ3) is 4.05. The number of halogens is 2. The van der Waals surface area contributed by atoms with E-state index in [1.165, 1.54) is 17.9 Å². The molecular weight excluding hydrogens is 321 g/mol. The summed E-state index contributed by atoms with van der Waals surface area (Å²) >= 11 is 11.5. The number of benzene rings is 1. The second-order valence-electron chi connectivity index (χ2n) is 4.48.